The Morgan fingerprint density at radius 2 is 1.93 bits per heavy atom. The number of rotatable bonds is 5. The van der Waals surface area contributed by atoms with Gasteiger partial charge < -0.3 is 14.8 Å². The van der Waals surface area contributed by atoms with Crippen LogP contribution in [0.2, 0.25) is 5.02 Å². The molecule has 7 heteroatoms. The van der Waals surface area contributed by atoms with E-state index in [4.69, 9.17) is 26.2 Å². The Hall–Kier alpha value is -2.99. The van der Waals surface area contributed by atoms with E-state index in [2.05, 4.69) is 5.32 Å². The summed E-state index contributed by atoms with van der Waals surface area (Å²) in [5.41, 5.74) is 3.23. The van der Waals surface area contributed by atoms with E-state index in [1.54, 1.807) is 10.7 Å². The Balaban J connectivity index is 1.37. The van der Waals surface area contributed by atoms with Gasteiger partial charge in [-0.25, -0.2) is 4.68 Å². The molecule has 6 nitrogen and oxygen atoms in total. The van der Waals surface area contributed by atoms with Crippen molar-refractivity contribution in [1.82, 2.24) is 15.1 Å². The lowest BCUT2D eigenvalue weighted by molar-refractivity contribution is 0.0943. The molecule has 2 heterocycles. The van der Waals surface area contributed by atoms with Crippen molar-refractivity contribution in [3.8, 4) is 17.2 Å². The van der Waals surface area contributed by atoms with Crippen molar-refractivity contribution in [2.75, 3.05) is 13.2 Å². The maximum atomic E-state index is 13.0. The standard InChI is InChI=1S/C23H22ClN3O3/c24-18-11-15(12-21-22(18)30-10-4-9-29-21)14-25-23(28)20-13-19(16-7-8-16)26-27(20)17-5-2-1-3-6-17/h1-3,5-6,11-13,16H,4,7-10,14H2,(H,25,28). The molecule has 5 rings (SSSR count). The number of amides is 1. The summed E-state index contributed by atoms with van der Waals surface area (Å²) >= 11 is 6.37. The average molecular weight is 424 g/mol. The van der Waals surface area contributed by atoms with Crippen LogP contribution in [0.25, 0.3) is 5.69 Å². The minimum Gasteiger partial charge on any atom is -0.489 e. The molecular formula is C23H22ClN3O3. The van der Waals surface area contributed by atoms with Crippen LogP contribution in [0.3, 0.4) is 0 Å². The maximum absolute atomic E-state index is 13.0. The molecule has 0 spiro atoms. The number of nitrogens with one attached hydrogen (secondary N) is 1. The SMILES string of the molecule is O=C(NCc1cc(Cl)c2c(c1)OCCCO2)c1cc(C2CC2)nn1-c1ccccc1. The topological polar surface area (TPSA) is 65.4 Å². The third kappa shape index (κ3) is 3.87. The zero-order chi connectivity index (χ0) is 20.5. The van der Waals surface area contributed by atoms with Crippen LogP contribution in [0.5, 0.6) is 11.5 Å². The zero-order valence-corrected chi connectivity index (χ0v) is 17.2. The number of ether oxygens (including phenoxy) is 2. The highest BCUT2D eigenvalue weighted by atomic mass is 35.5. The molecule has 3 aromatic rings. The Labute approximate surface area is 179 Å². The second-order valence-electron chi connectivity index (χ2n) is 7.61. The molecule has 0 saturated heterocycles. The summed E-state index contributed by atoms with van der Waals surface area (Å²) in [4.78, 5) is 13.0. The van der Waals surface area contributed by atoms with E-state index < -0.39 is 0 Å². The van der Waals surface area contributed by atoms with Crippen LogP contribution in [0, 0.1) is 0 Å². The predicted octanol–water partition coefficient (Wildman–Crippen LogP) is 4.49. The van der Waals surface area contributed by atoms with Gasteiger partial charge in [0.05, 0.1) is 29.6 Å². The summed E-state index contributed by atoms with van der Waals surface area (Å²) in [5, 5.41) is 8.18. The number of benzene rings is 2. The van der Waals surface area contributed by atoms with E-state index in [0.717, 1.165) is 36.2 Å². The first-order chi connectivity index (χ1) is 14.7. The number of carbonyl (C=O) groups excluding carboxylic acids is 1. The van der Waals surface area contributed by atoms with Crippen LogP contribution in [0.1, 0.15) is 46.9 Å². The number of para-hydroxylation sites is 1. The minimum absolute atomic E-state index is 0.179. The molecule has 1 fully saturated rings. The largest absolute Gasteiger partial charge is 0.489 e. The molecule has 2 aromatic carbocycles. The first-order valence-electron chi connectivity index (χ1n) is 10.2. The van der Waals surface area contributed by atoms with E-state index in [0.29, 0.717) is 47.9 Å². The molecule has 0 unspecified atom stereocenters. The number of carbonyl (C=O) groups is 1. The quantitative estimate of drug-likeness (QED) is 0.656. The predicted molar refractivity (Wildman–Crippen MR) is 114 cm³/mol. The maximum Gasteiger partial charge on any atom is 0.270 e. The van der Waals surface area contributed by atoms with Gasteiger partial charge in [-0.15, -0.1) is 0 Å². The summed E-state index contributed by atoms with van der Waals surface area (Å²) in [6.45, 7) is 1.49. The van der Waals surface area contributed by atoms with E-state index >= 15 is 0 Å². The van der Waals surface area contributed by atoms with Crippen molar-refractivity contribution in [1.29, 1.82) is 0 Å². The number of fused-ring (bicyclic) bond motifs is 1. The van der Waals surface area contributed by atoms with Crippen LogP contribution in [-0.4, -0.2) is 28.9 Å². The Morgan fingerprint density at radius 3 is 2.73 bits per heavy atom. The Bertz CT molecular complexity index is 1080. The fourth-order valence-electron chi connectivity index (χ4n) is 3.56. The van der Waals surface area contributed by atoms with Gasteiger partial charge in [-0.1, -0.05) is 29.8 Å². The lowest BCUT2D eigenvalue weighted by atomic mass is 10.2. The molecule has 1 aliphatic heterocycles. The van der Waals surface area contributed by atoms with Gasteiger partial charge in [-0.05, 0) is 48.7 Å². The molecule has 0 radical (unpaired) electrons. The van der Waals surface area contributed by atoms with Crippen LogP contribution < -0.4 is 14.8 Å². The minimum atomic E-state index is -0.179. The third-order valence-corrected chi connectivity index (χ3v) is 5.55. The van der Waals surface area contributed by atoms with Gasteiger partial charge in [0, 0.05) is 18.9 Å². The summed E-state index contributed by atoms with van der Waals surface area (Å²) in [7, 11) is 0. The Morgan fingerprint density at radius 1 is 1.13 bits per heavy atom. The fourth-order valence-corrected chi connectivity index (χ4v) is 3.85. The van der Waals surface area contributed by atoms with E-state index in [1.165, 1.54) is 0 Å². The van der Waals surface area contributed by atoms with Gasteiger partial charge in [0.1, 0.15) is 5.69 Å². The first kappa shape index (κ1) is 19.0. The van der Waals surface area contributed by atoms with Crippen molar-refractivity contribution in [3.63, 3.8) is 0 Å². The van der Waals surface area contributed by atoms with Crippen molar-refractivity contribution in [2.45, 2.75) is 31.7 Å². The number of hydrogen-bond donors (Lipinski definition) is 1. The summed E-state index contributed by atoms with van der Waals surface area (Å²) in [6.07, 6.45) is 3.06. The summed E-state index contributed by atoms with van der Waals surface area (Å²) in [5.74, 6) is 1.47. The molecule has 0 atom stereocenters. The molecule has 154 valence electrons. The van der Waals surface area contributed by atoms with Crippen LogP contribution in [0.4, 0.5) is 0 Å². The normalized spacial score (nSPS) is 15.5. The van der Waals surface area contributed by atoms with E-state index in [9.17, 15) is 4.79 Å². The number of aromatic nitrogens is 2. The second kappa shape index (κ2) is 8.03. The lowest BCUT2D eigenvalue weighted by Gasteiger charge is -2.12. The van der Waals surface area contributed by atoms with Crippen LogP contribution in [0.15, 0.2) is 48.5 Å². The second-order valence-corrected chi connectivity index (χ2v) is 8.02. The monoisotopic (exact) mass is 423 g/mol. The van der Waals surface area contributed by atoms with Gasteiger partial charge in [0.2, 0.25) is 0 Å². The van der Waals surface area contributed by atoms with Gasteiger partial charge in [0.15, 0.2) is 11.5 Å². The van der Waals surface area contributed by atoms with Crippen molar-refractivity contribution in [3.05, 3.63) is 70.5 Å². The number of nitrogens with zero attached hydrogens (tertiary/aromatic N) is 2. The molecule has 1 aromatic heterocycles. The van der Waals surface area contributed by atoms with E-state index in [-0.39, 0.29) is 5.91 Å². The molecule has 0 bridgehead atoms. The third-order valence-electron chi connectivity index (χ3n) is 5.27. The summed E-state index contributed by atoms with van der Waals surface area (Å²) in [6, 6.07) is 15.3. The Kier molecular flexibility index (Phi) is 5.09. The smallest absolute Gasteiger partial charge is 0.270 e. The number of halogens is 1. The van der Waals surface area contributed by atoms with Gasteiger partial charge in [-0.2, -0.15) is 5.10 Å². The highest BCUT2D eigenvalue weighted by Gasteiger charge is 2.29. The van der Waals surface area contributed by atoms with Gasteiger partial charge >= 0.3 is 0 Å². The molecule has 1 aliphatic carbocycles. The molecule has 1 N–H and O–H groups in total. The van der Waals surface area contributed by atoms with Crippen molar-refractivity contribution >= 4 is 17.5 Å². The first-order valence-corrected chi connectivity index (χ1v) is 10.6. The van der Waals surface area contributed by atoms with Gasteiger partial charge in [0.25, 0.3) is 5.91 Å². The van der Waals surface area contributed by atoms with Crippen molar-refractivity contribution in [2.24, 2.45) is 0 Å². The molecular weight excluding hydrogens is 402 g/mol. The summed E-state index contributed by atoms with van der Waals surface area (Å²) < 4.78 is 13.1. The van der Waals surface area contributed by atoms with Crippen molar-refractivity contribution < 1.29 is 14.3 Å². The van der Waals surface area contributed by atoms with E-state index in [1.807, 2.05) is 42.5 Å². The average Bonchev–Trinajstić information content (AvgIpc) is 3.56. The lowest BCUT2D eigenvalue weighted by Crippen LogP contribution is -2.25. The number of hydrogen-bond acceptors (Lipinski definition) is 4. The molecule has 30 heavy (non-hydrogen) atoms. The molecule has 2 aliphatic rings. The van der Waals surface area contributed by atoms with Gasteiger partial charge in [-0.3, -0.25) is 4.79 Å². The zero-order valence-electron chi connectivity index (χ0n) is 16.4. The molecule has 1 saturated carbocycles. The van der Waals surface area contributed by atoms with Crippen LogP contribution >= 0.6 is 11.6 Å². The fraction of sp³-hybridized carbons (Fsp3) is 0.304. The highest BCUT2D eigenvalue weighted by molar-refractivity contribution is 6.32. The van der Waals surface area contributed by atoms with Crippen LogP contribution in [-0.2, 0) is 6.54 Å². The molecule has 1 amide bonds. The highest BCUT2D eigenvalue weighted by Crippen LogP contribution is 2.40.